The summed E-state index contributed by atoms with van der Waals surface area (Å²) in [5.41, 5.74) is -0.0119. The van der Waals surface area contributed by atoms with Gasteiger partial charge in [-0.3, -0.25) is 4.72 Å². The van der Waals surface area contributed by atoms with Crippen LogP contribution in [0.5, 0.6) is 0 Å². The number of sulfonamides is 1. The Morgan fingerprint density at radius 1 is 1.35 bits per heavy atom. The molecule has 6 nitrogen and oxygen atoms in total. The number of hydrogen-bond acceptors (Lipinski definition) is 4. The van der Waals surface area contributed by atoms with Gasteiger partial charge < -0.3 is 9.84 Å². The molecule has 0 spiro atoms. The zero-order chi connectivity index (χ0) is 14.8. The molecule has 1 aromatic rings. The summed E-state index contributed by atoms with van der Waals surface area (Å²) < 4.78 is 32.6. The van der Waals surface area contributed by atoms with Gasteiger partial charge in [0.25, 0.3) is 0 Å². The Morgan fingerprint density at radius 3 is 2.60 bits per heavy atom. The number of nitrogens with one attached hydrogen (secondary N) is 1. The van der Waals surface area contributed by atoms with Crippen molar-refractivity contribution in [2.75, 3.05) is 17.9 Å². The molecule has 110 valence electrons. The number of carboxylic acid groups (broad SMARTS) is 1. The first-order chi connectivity index (χ1) is 9.40. The number of benzene rings is 1. The molecule has 20 heavy (non-hydrogen) atoms. The van der Waals surface area contributed by atoms with Crippen LogP contribution in [0.15, 0.2) is 22.7 Å². The summed E-state index contributed by atoms with van der Waals surface area (Å²) in [4.78, 5) is 11.2. The second-order valence-electron chi connectivity index (χ2n) is 4.45. The van der Waals surface area contributed by atoms with Crippen molar-refractivity contribution in [3.05, 3.63) is 28.2 Å². The predicted molar refractivity (Wildman–Crippen MR) is 77.5 cm³/mol. The van der Waals surface area contributed by atoms with E-state index in [1.807, 2.05) is 0 Å². The minimum absolute atomic E-state index is 0.0761. The average Bonchev–Trinajstić information content (AvgIpc) is 2.41. The topological polar surface area (TPSA) is 92.7 Å². The van der Waals surface area contributed by atoms with E-state index >= 15 is 0 Å². The van der Waals surface area contributed by atoms with Crippen LogP contribution in [0.4, 0.5) is 5.69 Å². The molecule has 1 aromatic carbocycles. The maximum absolute atomic E-state index is 12.2. The Kier molecular flexibility index (Phi) is 4.66. The monoisotopic (exact) mass is 363 g/mol. The van der Waals surface area contributed by atoms with Crippen molar-refractivity contribution in [1.82, 2.24) is 0 Å². The van der Waals surface area contributed by atoms with Gasteiger partial charge in [-0.25, -0.2) is 13.2 Å². The summed E-state index contributed by atoms with van der Waals surface area (Å²) in [6, 6.07) is 4.39. The highest BCUT2D eigenvalue weighted by Gasteiger charge is 2.28. The second-order valence-corrected chi connectivity index (χ2v) is 7.33. The van der Waals surface area contributed by atoms with E-state index in [4.69, 9.17) is 9.84 Å². The molecule has 8 heteroatoms. The van der Waals surface area contributed by atoms with Gasteiger partial charge >= 0.3 is 5.97 Å². The summed E-state index contributed by atoms with van der Waals surface area (Å²) in [5, 5.41) is 8.57. The van der Waals surface area contributed by atoms with Crippen molar-refractivity contribution in [2.24, 2.45) is 0 Å². The van der Waals surface area contributed by atoms with Crippen LogP contribution < -0.4 is 4.72 Å². The van der Waals surface area contributed by atoms with Crippen LogP contribution in [-0.4, -0.2) is 38.0 Å². The van der Waals surface area contributed by atoms with Crippen molar-refractivity contribution < 1.29 is 23.1 Å². The van der Waals surface area contributed by atoms with Crippen LogP contribution in [0, 0.1) is 0 Å². The molecular weight excluding hydrogens is 350 g/mol. The molecule has 0 atom stereocenters. The number of carbonyl (C=O) groups is 1. The Morgan fingerprint density at radius 2 is 2.00 bits per heavy atom. The molecule has 2 N–H and O–H groups in total. The number of halogens is 1. The number of rotatable bonds is 4. The van der Waals surface area contributed by atoms with Crippen molar-refractivity contribution in [1.29, 1.82) is 0 Å². The summed E-state index contributed by atoms with van der Waals surface area (Å²) in [5.74, 6) is -1.18. The van der Waals surface area contributed by atoms with Gasteiger partial charge in [0.15, 0.2) is 0 Å². The molecule has 0 unspecified atom stereocenters. The first-order valence-corrected chi connectivity index (χ1v) is 8.36. The van der Waals surface area contributed by atoms with Crippen LogP contribution in [-0.2, 0) is 14.8 Å². The molecule has 0 radical (unpaired) electrons. The largest absolute Gasteiger partial charge is 0.478 e. The number of hydrogen-bond donors (Lipinski definition) is 2. The summed E-state index contributed by atoms with van der Waals surface area (Å²) in [6.45, 7) is 0.801. The molecule has 0 amide bonds. The molecule has 2 rings (SSSR count). The molecule has 0 saturated carbocycles. The third-order valence-electron chi connectivity index (χ3n) is 3.07. The maximum atomic E-state index is 12.2. The molecule has 1 aliphatic heterocycles. The van der Waals surface area contributed by atoms with E-state index in [0.29, 0.717) is 30.5 Å². The normalized spacial score (nSPS) is 16.9. The van der Waals surface area contributed by atoms with Gasteiger partial charge in [0, 0.05) is 17.7 Å². The molecule has 0 aromatic heterocycles. The zero-order valence-electron chi connectivity index (χ0n) is 10.5. The molecule has 0 aliphatic carbocycles. The fourth-order valence-electron chi connectivity index (χ4n) is 2.01. The van der Waals surface area contributed by atoms with Crippen molar-refractivity contribution in [3.8, 4) is 0 Å². The summed E-state index contributed by atoms with van der Waals surface area (Å²) >= 11 is 3.16. The second kappa shape index (κ2) is 6.11. The smallest absolute Gasteiger partial charge is 0.337 e. The predicted octanol–water partition coefficient (Wildman–Crippen LogP) is 2.07. The van der Waals surface area contributed by atoms with E-state index in [9.17, 15) is 13.2 Å². The standard InChI is InChI=1S/C12H14BrNO5S/c13-8-1-2-11(10(7-8)12(15)16)14-20(17,18)9-3-5-19-6-4-9/h1-2,7,9,14H,3-6H2,(H,15,16). The van der Waals surface area contributed by atoms with Gasteiger partial charge in [-0.15, -0.1) is 0 Å². The first kappa shape index (κ1) is 15.3. The minimum atomic E-state index is -3.61. The van der Waals surface area contributed by atoms with Gasteiger partial charge in [-0.1, -0.05) is 15.9 Å². The van der Waals surface area contributed by atoms with E-state index in [1.165, 1.54) is 12.1 Å². The highest BCUT2D eigenvalue weighted by molar-refractivity contribution is 9.10. The molecule has 1 fully saturated rings. The number of carboxylic acids is 1. The van der Waals surface area contributed by atoms with Gasteiger partial charge in [-0.2, -0.15) is 0 Å². The zero-order valence-corrected chi connectivity index (χ0v) is 12.9. The Balaban J connectivity index is 2.27. The highest BCUT2D eigenvalue weighted by atomic mass is 79.9. The van der Waals surface area contributed by atoms with E-state index < -0.39 is 21.2 Å². The van der Waals surface area contributed by atoms with Crippen LogP contribution in [0.3, 0.4) is 0 Å². The van der Waals surface area contributed by atoms with Crippen LogP contribution in [0.2, 0.25) is 0 Å². The Bertz CT molecular complexity index is 610. The quantitative estimate of drug-likeness (QED) is 0.853. The number of ether oxygens (including phenoxy) is 1. The van der Waals surface area contributed by atoms with Gasteiger partial charge in [-0.05, 0) is 31.0 Å². The average molecular weight is 364 g/mol. The Hall–Kier alpha value is -1.12. The van der Waals surface area contributed by atoms with Crippen LogP contribution in [0.25, 0.3) is 0 Å². The lowest BCUT2D eigenvalue weighted by Crippen LogP contribution is -2.33. The maximum Gasteiger partial charge on any atom is 0.337 e. The lowest BCUT2D eigenvalue weighted by molar-refractivity contribution is 0.0698. The van der Waals surface area contributed by atoms with Gasteiger partial charge in [0.05, 0.1) is 16.5 Å². The third kappa shape index (κ3) is 3.50. The summed E-state index contributed by atoms with van der Waals surface area (Å²) in [6.07, 6.45) is 0.822. The fraction of sp³-hybridized carbons (Fsp3) is 0.417. The number of anilines is 1. The van der Waals surface area contributed by atoms with E-state index in [-0.39, 0.29) is 11.3 Å². The Labute approximate surface area is 125 Å². The third-order valence-corrected chi connectivity index (χ3v) is 5.42. The summed E-state index contributed by atoms with van der Waals surface area (Å²) in [7, 11) is -3.61. The SMILES string of the molecule is O=C(O)c1cc(Br)ccc1NS(=O)(=O)C1CCOCC1. The van der Waals surface area contributed by atoms with E-state index in [0.717, 1.165) is 0 Å². The van der Waals surface area contributed by atoms with Crippen molar-refractivity contribution in [2.45, 2.75) is 18.1 Å². The van der Waals surface area contributed by atoms with Gasteiger partial charge in [0.1, 0.15) is 0 Å². The van der Waals surface area contributed by atoms with E-state index in [1.54, 1.807) is 6.07 Å². The minimum Gasteiger partial charge on any atom is -0.478 e. The number of aromatic carboxylic acids is 1. The molecule has 0 bridgehead atoms. The lowest BCUT2D eigenvalue weighted by Gasteiger charge is -2.23. The molecule has 1 aliphatic rings. The van der Waals surface area contributed by atoms with Crippen LogP contribution >= 0.6 is 15.9 Å². The highest BCUT2D eigenvalue weighted by Crippen LogP contribution is 2.25. The first-order valence-electron chi connectivity index (χ1n) is 6.02. The van der Waals surface area contributed by atoms with Gasteiger partial charge in [0.2, 0.25) is 10.0 Å². The fourth-order valence-corrected chi connectivity index (χ4v) is 3.83. The molecule has 1 saturated heterocycles. The molecular formula is C12H14BrNO5S. The van der Waals surface area contributed by atoms with Crippen molar-refractivity contribution >= 4 is 37.6 Å². The van der Waals surface area contributed by atoms with Crippen molar-refractivity contribution in [3.63, 3.8) is 0 Å². The van der Waals surface area contributed by atoms with E-state index in [2.05, 4.69) is 20.7 Å². The lowest BCUT2D eigenvalue weighted by atomic mass is 10.2. The molecule has 1 heterocycles. The van der Waals surface area contributed by atoms with Crippen LogP contribution in [0.1, 0.15) is 23.2 Å².